The highest BCUT2D eigenvalue weighted by atomic mass is 32.1. The first-order valence-corrected chi connectivity index (χ1v) is 9.28. The van der Waals surface area contributed by atoms with Gasteiger partial charge in [0.25, 0.3) is 0 Å². The Bertz CT molecular complexity index is 672. The molecular formula is C17H24N4S. The van der Waals surface area contributed by atoms with Gasteiger partial charge in [-0.05, 0) is 46.0 Å². The van der Waals surface area contributed by atoms with Crippen molar-refractivity contribution < 1.29 is 0 Å². The van der Waals surface area contributed by atoms with Crippen LogP contribution in [0.4, 0.5) is 0 Å². The zero-order chi connectivity index (χ0) is 15.1. The Balaban J connectivity index is 1.50. The highest BCUT2D eigenvalue weighted by Crippen LogP contribution is 2.30. The van der Waals surface area contributed by atoms with E-state index in [1.54, 1.807) is 11.3 Å². The first kappa shape index (κ1) is 14.4. The summed E-state index contributed by atoms with van der Waals surface area (Å²) in [6, 6.07) is 0.606. The zero-order valence-electron chi connectivity index (χ0n) is 13.5. The lowest BCUT2D eigenvalue weighted by Crippen LogP contribution is -2.23. The van der Waals surface area contributed by atoms with Crippen LogP contribution in [0.25, 0.3) is 0 Å². The van der Waals surface area contributed by atoms with E-state index in [1.165, 1.54) is 66.6 Å². The molecule has 2 aromatic rings. The summed E-state index contributed by atoms with van der Waals surface area (Å²) in [6.07, 6.45) is 6.28. The summed E-state index contributed by atoms with van der Waals surface area (Å²) in [5, 5.41) is 3.37. The molecule has 0 radical (unpaired) electrons. The standard InChI is InChI=1S/C17H24N4S/c1-12-18-16-5-3-4-6-17(16)21(12)15-7-8-20(10-15)9-14-11-22-13(2)19-14/h11,15H,3-10H2,1-2H3/t15-/m0/s1. The van der Waals surface area contributed by atoms with Crippen LogP contribution in [0, 0.1) is 13.8 Å². The average molecular weight is 316 g/mol. The Morgan fingerprint density at radius 1 is 1.23 bits per heavy atom. The Kier molecular flexibility index (Phi) is 3.78. The summed E-state index contributed by atoms with van der Waals surface area (Å²) >= 11 is 1.75. The first-order valence-electron chi connectivity index (χ1n) is 8.40. The van der Waals surface area contributed by atoms with Crippen molar-refractivity contribution in [2.24, 2.45) is 0 Å². The number of rotatable bonds is 3. The van der Waals surface area contributed by atoms with Gasteiger partial charge in [-0.1, -0.05) is 0 Å². The van der Waals surface area contributed by atoms with Crippen LogP contribution in [-0.4, -0.2) is 32.5 Å². The van der Waals surface area contributed by atoms with E-state index in [0.29, 0.717) is 6.04 Å². The van der Waals surface area contributed by atoms with Crippen molar-refractivity contribution in [3.05, 3.63) is 33.3 Å². The van der Waals surface area contributed by atoms with Crippen LogP contribution in [0.1, 0.15) is 53.2 Å². The van der Waals surface area contributed by atoms with Crippen LogP contribution in [0.2, 0.25) is 0 Å². The average Bonchev–Trinajstić information content (AvgIpc) is 3.18. The van der Waals surface area contributed by atoms with Crippen molar-refractivity contribution in [2.45, 2.75) is 58.5 Å². The SMILES string of the molecule is Cc1nc(CN2CC[C@H](n3c(C)nc4c3CCCC4)C2)cs1. The molecule has 0 unspecified atom stereocenters. The number of aryl methyl sites for hydroxylation is 3. The Labute approximate surface area is 136 Å². The number of imidazole rings is 1. The van der Waals surface area contributed by atoms with Crippen molar-refractivity contribution in [3.63, 3.8) is 0 Å². The summed E-state index contributed by atoms with van der Waals surface area (Å²) in [4.78, 5) is 12.0. The zero-order valence-corrected chi connectivity index (χ0v) is 14.3. The van der Waals surface area contributed by atoms with Gasteiger partial charge in [0.05, 0.1) is 16.4 Å². The van der Waals surface area contributed by atoms with E-state index >= 15 is 0 Å². The van der Waals surface area contributed by atoms with Gasteiger partial charge in [0, 0.05) is 36.8 Å². The Morgan fingerprint density at radius 2 is 2.09 bits per heavy atom. The minimum absolute atomic E-state index is 0.606. The van der Waals surface area contributed by atoms with Crippen LogP contribution in [-0.2, 0) is 19.4 Å². The molecule has 1 fully saturated rings. The van der Waals surface area contributed by atoms with Crippen molar-refractivity contribution in [2.75, 3.05) is 13.1 Å². The third-order valence-electron chi connectivity index (χ3n) is 5.01. The lowest BCUT2D eigenvalue weighted by Gasteiger charge is -2.21. The predicted octanol–water partition coefficient (Wildman–Crippen LogP) is 3.28. The van der Waals surface area contributed by atoms with E-state index in [9.17, 15) is 0 Å². The monoisotopic (exact) mass is 316 g/mol. The summed E-state index contributed by atoms with van der Waals surface area (Å²) in [5.74, 6) is 1.23. The van der Waals surface area contributed by atoms with Gasteiger partial charge in [-0.25, -0.2) is 9.97 Å². The van der Waals surface area contributed by atoms with Crippen LogP contribution >= 0.6 is 11.3 Å². The van der Waals surface area contributed by atoms with Gasteiger partial charge in [0.2, 0.25) is 0 Å². The maximum absolute atomic E-state index is 4.84. The number of aromatic nitrogens is 3. The third kappa shape index (κ3) is 2.61. The van der Waals surface area contributed by atoms with Crippen LogP contribution in [0.15, 0.2) is 5.38 Å². The van der Waals surface area contributed by atoms with Crippen molar-refractivity contribution in [1.82, 2.24) is 19.4 Å². The normalized spacial score (nSPS) is 22.2. The summed E-state index contributed by atoms with van der Waals surface area (Å²) in [7, 11) is 0. The number of hydrogen-bond acceptors (Lipinski definition) is 4. The second kappa shape index (κ2) is 5.78. The second-order valence-electron chi connectivity index (χ2n) is 6.66. The molecule has 4 rings (SSSR count). The second-order valence-corrected chi connectivity index (χ2v) is 7.73. The maximum Gasteiger partial charge on any atom is 0.106 e. The first-order chi connectivity index (χ1) is 10.7. The highest BCUT2D eigenvalue weighted by molar-refractivity contribution is 7.09. The summed E-state index contributed by atoms with van der Waals surface area (Å²) in [6.45, 7) is 7.58. The molecule has 0 aromatic carbocycles. The molecule has 0 N–H and O–H groups in total. The molecule has 1 saturated heterocycles. The number of hydrogen-bond donors (Lipinski definition) is 0. The maximum atomic E-state index is 4.84. The predicted molar refractivity (Wildman–Crippen MR) is 89.4 cm³/mol. The minimum atomic E-state index is 0.606. The van der Waals surface area contributed by atoms with Crippen LogP contribution in [0.5, 0.6) is 0 Å². The van der Waals surface area contributed by atoms with E-state index in [4.69, 9.17) is 4.98 Å². The molecular weight excluding hydrogens is 292 g/mol. The van der Waals surface area contributed by atoms with E-state index in [1.807, 2.05) is 0 Å². The topological polar surface area (TPSA) is 34.0 Å². The number of thiazole rings is 1. The van der Waals surface area contributed by atoms with E-state index in [0.717, 1.165) is 13.1 Å². The fourth-order valence-corrected chi connectivity index (χ4v) is 4.66. The molecule has 0 amide bonds. The van der Waals surface area contributed by atoms with E-state index < -0.39 is 0 Å². The largest absolute Gasteiger partial charge is 0.328 e. The highest BCUT2D eigenvalue weighted by Gasteiger charge is 2.29. The number of fused-ring (bicyclic) bond motifs is 1. The molecule has 0 saturated carbocycles. The molecule has 118 valence electrons. The van der Waals surface area contributed by atoms with Crippen LogP contribution in [0.3, 0.4) is 0 Å². The molecule has 3 heterocycles. The van der Waals surface area contributed by atoms with Gasteiger partial charge < -0.3 is 4.57 Å². The third-order valence-corrected chi connectivity index (χ3v) is 5.83. The molecule has 5 heteroatoms. The van der Waals surface area contributed by atoms with Gasteiger partial charge in [-0.3, -0.25) is 4.90 Å². The fraction of sp³-hybridized carbons (Fsp3) is 0.647. The summed E-state index contributed by atoms with van der Waals surface area (Å²) < 4.78 is 2.56. The molecule has 1 aliphatic heterocycles. The van der Waals surface area contributed by atoms with E-state index in [-0.39, 0.29) is 0 Å². The van der Waals surface area contributed by atoms with Gasteiger partial charge in [-0.2, -0.15) is 0 Å². The Hall–Kier alpha value is -1.20. The van der Waals surface area contributed by atoms with Gasteiger partial charge in [-0.15, -0.1) is 11.3 Å². The molecule has 2 aromatic heterocycles. The summed E-state index contributed by atoms with van der Waals surface area (Å²) in [5.41, 5.74) is 4.13. The molecule has 0 bridgehead atoms. The molecule has 1 aliphatic carbocycles. The van der Waals surface area contributed by atoms with Gasteiger partial charge in [0.15, 0.2) is 0 Å². The van der Waals surface area contributed by atoms with E-state index in [2.05, 4.69) is 33.7 Å². The lowest BCUT2D eigenvalue weighted by molar-refractivity contribution is 0.311. The van der Waals surface area contributed by atoms with Crippen molar-refractivity contribution in [3.8, 4) is 0 Å². The van der Waals surface area contributed by atoms with Crippen LogP contribution < -0.4 is 0 Å². The van der Waals surface area contributed by atoms with Gasteiger partial charge in [0.1, 0.15) is 5.82 Å². The molecule has 1 atom stereocenters. The fourth-order valence-electron chi connectivity index (χ4n) is 4.06. The molecule has 0 spiro atoms. The lowest BCUT2D eigenvalue weighted by atomic mass is 10.0. The number of nitrogens with zero attached hydrogens (tertiary/aromatic N) is 4. The van der Waals surface area contributed by atoms with Gasteiger partial charge >= 0.3 is 0 Å². The smallest absolute Gasteiger partial charge is 0.106 e. The molecule has 4 nitrogen and oxygen atoms in total. The van der Waals surface area contributed by atoms with Crippen molar-refractivity contribution >= 4 is 11.3 Å². The van der Waals surface area contributed by atoms with Crippen molar-refractivity contribution in [1.29, 1.82) is 0 Å². The minimum Gasteiger partial charge on any atom is -0.328 e. The number of likely N-dealkylation sites (tertiary alicyclic amines) is 1. The quantitative estimate of drug-likeness (QED) is 0.871. The molecule has 2 aliphatic rings. The Morgan fingerprint density at radius 3 is 2.91 bits per heavy atom. The molecule has 22 heavy (non-hydrogen) atoms.